The Morgan fingerprint density at radius 2 is 1.93 bits per heavy atom. The fourth-order valence-electron chi connectivity index (χ4n) is 2.49. The molecule has 0 aliphatic carbocycles. The summed E-state index contributed by atoms with van der Waals surface area (Å²) in [6.07, 6.45) is -3.34. The fraction of sp³-hybridized carbons (Fsp3) is 0.250. The maximum absolute atomic E-state index is 12.6. The van der Waals surface area contributed by atoms with Crippen LogP contribution in [-0.4, -0.2) is 30.9 Å². The molecule has 3 rings (SSSR count). The molecule has 0 bridgehead atoms. The number of hydrogen-bond acceptors (Lipinski definition) is 4. The number of carbonyl (C=O) groups is 1. The minimum atomic E-state index is -4.68. The Balaban J connectivity index is 1.91. The highest BCUT2D eigenvalue weighted by Gasteiger charge is 2.35. The SMILES string of the molecule is CC(C)c1c(C(=O)Nc2n[nH]c(C(F)(F)F)n2)cnn1-c1ccc(Cl)cc1. The van der Waals surface area contributed by atoms with Gasteiger partial charge in [-0.15, -0.1) is 5.10 Å². The summed E-state index contributed by atoms with van der Waals surface area (Å²) in [5, 5.41) is 12.1. The number of H-pyrrole nitrogens is 1. The third-order valence-electron chi connectivity index (χ3n) is 3.65. The molecule has 0 saturated carbocycles. The molecule has 0 saturated heterocycles. The van der Waals surface area contributed by atoms with Gasteiger partial charge in [0.05, 0.1) is 23.1 Å². The lowest BCUT2D eigenvalue weighted by atomic mass is 10.1. The van der Waals surface area contributed by atoms with Crippen molar-refractivity contribution in [3.05, 3.63) is 52.6 Å². The van der Waals surface area contributed by atoms with Crippen LogP contribution in [0.5, 0.6) is 0 Å². The van der Waals surface area contributed by atoms with E-state index in [2.05, 4.69) is 20.5 Å². The first-order valence-corrected chi connectivity index (χ1v) is 8.19. The number of hydrogen-bond donors (Lipinski definition) is 2. The molecule has 0 aliphatic rings. The summed E-state index contributed by atoms with van der Waals surface area (Å²) in [6.45, 7) is 3.74. The minimum Gasteiger partial charge on any atom is -0.289 e. The molecule has 11 heteroatoms. The van der Waals surface area contributed by atoms with Crippen molar-refractivity contribution in [2.24, 2.45) is 0 Å². The molecule has 3 aromatic rings. The molecule has 0 aliphatic heterocycles. The van der Waals surface area contributed by atoms with Gasteiger partial charge in [-0.3, -0.25) is 15.2 Å². The molecular weight excluding hydrogens is 385 g/mol. The first kappa shape index (κ1) is 18.9. The van der Waals surface area contributed by atoms with Crippen molar-refractivity contribution in [3.63, 3.8) is 0 Å². The average Bonchev–Trinajstić information content (AvgIpc) is 3.22. The summed E-state index contributed by atoms with van der Waals surface area (Å²) in [6, 6.07) is 6.87. The third kappa shape index (κ3) is 3.95. The van der Waals surface area contributed by atoms with Crippen molar-refractivity contribution in [2.45, 2.75) is 25.9 Å². The third-order valence-corrected chi connectivity index (χ3v) is 3.90. The highest BCUT2D eigenvalue weighted by Crippen LogP contribution is 2.27. The summed E-state index contributed by atoms with van der Waals surface area (Å²) >= 11 is 5.89. The van der Waals surface area contributed by atoms with Gasteiger partial charge in [-0.25, -0.2) is 4.68 Å². The van der Waals surface area contributed by atoms with E-state index in [0.29, 0.717) is 16.4 Å². The molecule has 1 aromatic carbocycles. The molecule has 0 unspecified atom stereocenters. The maximum atomic E-state index is 12.6. The van der Waals surface area contributed by atoms with Crippen molar-refractivity contribution in [1.29, 1.82) is 0 Å². The monoisotopic (exact) mass is 398 g/mol. The molecule has 7 nitrogen and oxygen atoms in total. The van der Waals surface area contributed by atoms with Crippen LogP contribution in [0.1, 0.15) is 41.6 Å². The van der Waals surface area contributed by atoms with Gasteiger partial charge < -0.3 is 0 Å². The van der Waals surface area contributed by atoms with Crippen LogP contribution in [0.4, 0.5) is 19.1 Å². The van der Waals surface area contributed by atoms with E-state index >= 15 is 0 Å². The Morgan fingerprint density at radius 3 is 2.48 bits per heavy atom. The maximum Gasteiger partial charge on any atom is 0.451 e. The summed E-state index contributed by atoms with van der Waals surface area (Å²) in [5.74, 6) is -2.52. The van der Waals surface area contributed by atoms with Crippen molar-refractivity contribution in [1.82, 2.24) is 25.0 Å². The van der Waals surface area contributed by atoms with Gasteiger partial charge in [0.2, 0.25) is 11.8 Å². The lowest BCUT2D eigenvalue weighted by Gasteiger charge is -2.12. The standard InChI is InChI=1S/C16H14ClF3N6O/c1-8(2)12-11(7-21-26(12)10-5-3-9(17)4-6-10)13(27)22-15-23-14(24-25-15)16(18,19)20/h3-8H,1-2H3,(H2,22,23,24,25,27). The topological polar surface area (TPSA) is 88.5 Å². The van der Waals surface area contributed by atoms with Crippen molar-refractivity contribution < 1.29 is 18.0 Å². The van der Waals surface area contributed by atoms with Crippen LogP contribution in [0.2, 0.25) is 5.02 Å². The van der Waals surface area contributed by atoms with Crippen LogP contribution in [0, 0.1) is 0 Å². The van der Waals surface area contributed by atoms with E-state index in [0.717, 1.165) is 0 Å². The van der Waals surface area contributed by atoms with Crippen molar-refractivity contribution in [2.75, 3.05) is 5.32 Å². The van der Waals surface area contributed by atoms with Gasteiger partial charge in [-0.2, -0.15) is 23.3 Å². The number of carbonyl (C=O) groups excluding carboxylic acids is 1. The molecule has 27 heavy (non-hydrogen) atoms. The number of alkyl halides is 3. The molecule has 0 spiro atoms. The van der Waals surface area contributed by atoms with E-state index in [4.69, 9.17) is 11.6 Å². The van der Waals surface area contributed by atoms with Gasteiger partial charge >= 0.3 is 6.18 Å². The second-order valence-electron chi connectivity index (χ2n) is 5.95. The van der Waals surface area contributed by atoms with Crippen LogP contribution in [0.15, 0.2) is 30.5 Å². The fourth-order valence-corrected chi connectivity index (χ4v) is 2.62. The first-order valence-electron chi connectivity index (χ1n) is 7.81. The molecule has 0 fully saturated rings. The lowest BCUT2D eigenvalue weighted by Crippen LogP contribution is -2.16. The molecular formula is C16H14ClF3N6O. The molecule has 2 heterocycles. The highest BCUT2D eigenvalue weighted by atomic mass is 35.5. The van der Waals surface area contributed by atoms with Gasteiger partial charge in [-0.1, -0.05) is 25.4 Å². The molecule has 142 valence electrons. The van der Waals surface area contributed by atoms with Gasteiger partial charge in [0.1, 0.15) is 0 Å². The number of halogens is 4. The number of rotatable bonds is 4. The van der Waals surface area contributed by atoms with Crippen LogP contribution >= 0.6 is 11.6 Å². The van der Waals surface area contributed by atoms with E-state index in [1.807, 2.05) is 13.8 Å². The van der Waals surface area contributed by atoms with Crippen LogP contribution < -0.4 is 5.32 Å². The largest absolute Gasteiger partial charge is 0.451 e. The Kier molecular flexibility index (Phi) is 4.92. The molecule has 2 aromatic heterocycles. The molecule has 2 N–H and O–H groups in total. The van der Waals surface area contributed by atoms with Crippen LogP contribution in [-0.2, 0) is 6.18 Å². The zero-order valence-corrected chi connectivity index (χ0v) is 14.9. The van der Waals surface area contributed by atoms with Gasteiger partial charge in [-0.05, 0) is 30.2 Å². The normalized spacial score (nSPS) is 11.8. The molecule has 1 amide bonds. The Hall–Kier alpha value is -2.88. The number of benzene rings is 1. The quantitative estimate of drug-likeness (QED) is 0.694. The molecule has 0 radical (unpaired) electrons. The second-order valence-corrected chi connectivity index (χ2v) is 6.38. The Bertz CT molecular complexity index is 961. The van der Waals surface area contributed by atoms with Gasteiger partial charge in [0.25, 0.3) is 5.91 Å². The number of nitrogens with one attached hydrogen (secondary N) is 2. The van der Waals surface area contributed by atoms with E-state index < -0.39 is 23.9 Å². The first-order chi connectivity index (χ1) is 12.7. The van der Waals surface area contributed by atoms with E-state index in [1.54, 1.807) is 34.0 Å². The number of nitrogens with zero attached hydrogens (tertiary/aromatic N) is 4. The number of aromatic nitrogens is 5. The van der Waals surface area contributed by atoms with E-state index in [9.17, 15) is 18.0 Å². The Labute approximate surface area is 156 Å². The zero-order valence-electron chi connectivity index (χ0n) is 14.2. The van der Waals surface area contributed by atoms with Crippen LogP contribution in [0.25, 0.3) is 5.69 Å². The van der Waals surface area contributed by atoms with Gasteiger partial charge in [0, 0.05) is 5.02 Å². The van der Waals surface area contributed by atoms with Crippen molar-refractivity contribution in [3.8, 4) is 5.69 Å². The number of amides is 1. The zero-order chi connectivity index (χ0) is 19.8. The smallest absolute Gasteiger partial charge is 0.289 e. The minimum absolute atomic E-state index is 0.0955. The Morgan fingerprint density at radius 1 is 1.26 bits per heavy atom. The van der Waals surface area contributed by atoms with E-state index in [1.165, 1.54) is 6.20 Å². The van der Waals surface area contributed by atoms with E-state index in [-0.39, 0.29) is 11.5 Å². The second kappa shape index (κ2) is 7.03. The van der Waals surface area contributed by atoms with Gasteiger partial charge in [0.15, 0.2) is 0 Å². The predicted molar refractivity (Wildman–Crippen MR) is 92.0 cm³/mol. The summed E-state index contributed by atoms with van der Waals surface area (Å²) in [4.78, 5) is 15.8. The number of aromatic amines is 1. The summed E-state index contributed by atoms with van der Waals surface area (Å²) < 4.78 is 39.3. The molecule has 0 atom stereocenters. The highest BCUT2D eigenvalue weighted by molar-refractivity contribution is 6.30. The number of anilines is 1. The lowest BCUT2D eigenvalue weighted by molar-refractivity contribution is -0.144. The van der Waals surface area contributed by atoms with Crippen LogP contribution in [0.3, 0.4) is 0 Å². The van der Waals surface area contributed by atoms with Crippen molar-refractivity contribution >= 4 is 23.5 Å². The summed E-state index contributed by atoms with van der Waals surface area (Å²) in [5.41, 5.74) is 1.49. The predicted octanol–water partition coefficient (Wildman–Crippen LogP) is 4.04. The summed E-state index contributed by atoms with van der Waals surface area (Å²) in [7, 11) is 0. The average molecular weight is 399 g/mol.